The first-order valence-electron chi connectivity index (χ1n) is 4.34. The van der Waals surface area contributed by atoms with E-state index in [0.29, 0.717) is 0 Å². The van der Waals surface area contributed by atoms with Crippen molar-refractivity contribution in [2.75, 3.05) is 6.61 Å². The summed E-state index contributed by atoms with van der Waals surface area (Å²) in [5, 5.41) is 37.0. The maximum atomic E-state index is 9.43. The molecule has 0 aromatic rings. The molecule has 1 fully saturated rings. The van der Waals surface area contributed by atoms with Crippen LogP contribution < -0.4 is 0 Å². The molecule has 14 heavy (non-hydrogen) atoms. The summed E-state index contributed by atoms with van der Waals surface area (Å²) < 4.78 is 5.09. The lowest BCUT2D eigenvalue weighted by Crippen LogP contribution is -2.58. The fourth-order valence-corrected chi connectivity index (χ4v) is 1.36. The van der Waals surface area contributed by atoms with E-state index < -0.39 is 37.1 Å². The zero-order chi connectivity index (χ0) is 10.7. The van der Waals surface area contributed by atoms with Crippen LogP contribution in [0.3, 0.4) is 0 Å². The fraction of sp³-hybridized carbons (Fsp3) is 0.778. The predicted molar refractivity (Wildman–Crippen MR) is 47.2 cm³/mol. The first kappa shape index (κ1) is 11.4. The van der Waals surface area contributed by atoms with Crippen LogP contribution in [0.15, 0.2) is 0 Å². The highest BCUT2D eigenvalue weighted by atomic mass is 16.5. The Morgan fingerprint density at radius 1 is 1.14 bits per heavy atom. The molecule has 5 heteroatoms. The van der Waals surface area contributed by atoms with Crippen LogP contribution in [0.5, 0.6) is 0 Å². The van der Waals surface area contributed by atoms with Gasteiger partial charge in [0.2, 0.25) is 0 Å². The number of aliphatic hydroxyl groups is 4. The molecule has 1 saturated heterocycles. The summed E-state index contributed by atoms with van der Waals surface area (Å²) in [7, 11) is 0. The van der Waals surface area contributed by atoms with Gasteiger partial charge in [0, 0.05) is 0 Å². The first-order chi connectivity index (χ1) is 6.61. The molecule has 1 aliphatic rings. The van der Waals surface area contributed by atoms with Gasteiger partial charge in [0.05, 0.1) is 6.61 Å². The molecule has 5 atom stereocenters. The summed E-state index contributed by atoms with van der Waals surface area (Å²) in [6.45, 7) is 1.15. The molecule has 1 aliphatic heterocycles. The summed E-state index contributed by atoms with van der Waals surface area (Å²) in [6.07, 6.45) is -5.65. The summed E-state index contributed by atoms with van der Waals surface area (Å²) in [5.41, 5.74) is 0. The van der Waals surface area contributed by atoms with Crippen molar-refractivity contribution in [1.82, 2.24) is 0 Å². The number of rotatable bonds is 1. The van der Waals surface area contributed by atoms with Crippen LogP contribution >= 0.6 is 0 Å². The second kappa shape index (κ2) is 4.73. The van der Waals surface area contributed by atoms with Gasteiger partial charge in [-0.25, -0.2) is 0 Å². The van der Waals surface area contributed by atoms with Gasteiger partial charge in [-0.2, -0.15) is 0 Å². The quantitative estimate of drug-likeness (QED) is 0.364. The standard InChI is InChI=1S/C9H14O5/c1-2-3-5-7(11)9(13)8(12)6(4-10)14-5/h5-13H,4H2,1H3/t5?,6?,7?,8-,9?/m1/s1. The molecule has 0 aliphatic carbocycles. The number of ether oxygens (including phenoxy) is 1. The molecule has 0 bridgehead atoms. The zero-order valence-corrected chi connectivity index (χ0v) is 7.79. The highest BCUT2D eigenvalue weighted by Gasteiger charge is 2.42. The van der Waals surface area contributed by atoms with Gasteiger partial charge in [-0.1, -0.05) is 5.92 Å². The molecule has 0 amide bonds. The van der Waals surface area contributed by atoms with E-state index in [1.165, 1.54) is 0 Å². The molecule has 0 radical (unpaired) electrons. The van der Waals surface area contributed by atoms with Gasteiger partial charge in [-0.15, -0.1) is 5.92 Å². The van der Waals surface area contributed by atoms with Crippen molar-refractivity contribution < 1.29 is 25.2 Å². The molecule has 1 heterocycles. The molecule has 4 N–H and O–H groups in total. The molecular formula is C9H14O5. The van der Waals surface area contributed by atoms with Crippen molar-refractivity contribution in [3.05, 3.63) is 0 Å². The van der Waals surface area contributed by atoms with E-state index in [1.807, 2.05) is 0 Å². The fourth-order valence-electron chi connectivity index (χ4n) is 1.36. The SMILES string of the molecule is CC#CC1OC(CO)[C@@H](O)C(O)C1O. The summed E-state index contributed by atoms with van der Waals surface area (Å²) in [5.74, 6) is 5.08. The Hall–Kier alpha value is -0.640. The molecular weight excluding hydrogens is 188 g/mol. The lowest BCUT2D eigenvalue weighted by atomic mass is 9.95. The van der Waals surface area contributed by atoms with E-state index in [4.69, 9.17) is 9.84 Å². The van der Waals surface area contributed by atoms with Crippen LogP contribution in [0, 0.1) is 11.8 Å². The Balaban J connectivity index is 2.76. The molecule has 0 spiro atoms. The van der Waals surface area contributed by atoms with Gasteiger partial charge in [-0.05, 0) is 6.92 Å². The van der Waals surface area contributed by atoms with Crippen LogP contribution in [0.4, 0.5) is 0 Å². The molecule has 4 unspecified atom stereocenters. The van der Waals surface area contributed by atoms with Crippen LogP contribution in [0.1, 0.15) is 6.92 Å². The van der Waals surface area contributed by atoms with E-state index in [1.54, 1.807) is 6.92 Å². The average molecular weight is 202 g/mol. The van der Waals surface area contributed by atoms with Crippen molar-refractivity contribution in [1.29, 1.82) is 0 Å². The summed E-state index contributed by atoms with van der Waals surface area (Å²) in [4.78, 5) is 0. The van der Waals surface area contributed by atoms with Crippen LogP contribution in [0.25, 0.3) is 0 Å². The van der Waals surface area contributed by atoms with Crippen LogP contribution in [0.2, 0.25) is 0 Å². The van der Waals surface area contributed by atoms with Gasteiger partial charge < -0.3 is 25.2 Å². The van der Waals surface area contributed by atoms with Crippen molar-refractivity contribution in [3.63, 3.8) is 0 Å². The largest absolute Gasteiger partial charge is 0.394 e. The number of hydrogen-bond acceptors (Lipinski definition) is 5. The monoisotopic (exact) mass is 202 g/mol. The third-order valence-electron chi connectivity index (χ3n) is 2.18. The third-order valence-corrected chi connectivity index (χ3v) is 2.18. The lowest BCUT2D eigenvalue weighted by molar-refractivity contribution is -0.214. The van der Waals surface area contributed by atoms with Gasteiger partial charge in [0.1, 0.15) is 30.5 Å². The third kappa shape index (κ3) is 2.05. The molecule has 0 aromatic heterocycles. The highest BCUT2D eigenvalue weighted by molar-refractivity contribution is 5.10. The minimum atomic E-state index is -1.34. The maximum Gasteiger partial charge on any atom is 0.147 e. The van der Waals surface area contributed by atoms with E-state index in [-0.39, 0.29) is 0 Å². The minimum absolute atomic E-state index is 0.424. The normalized spacial score (nSPS) is 42.8. The molecule has 5 nitrogen and oxygen atoms in total. The number of aliphatic hydroxyl groups excluding tert-OH is 4. The van der Waals surface area contributed by atoms with Crippen molar-refractivity contribution in [2.45, 2.75) is 37.4 Å². The Labute approximate surface area is 81.9 Å². The van der Waals surface area contributed by atoms with E-state index >= 15 is 0 Å². The topological polar surface area (TPSA) is 90.2 Å². The predicted octanol–water partition coefficient (Wildman–Crippen LogP) is -2.15. The summed E-state index contributed by atoms with van der Waals surface area (Å²) in [6, 6.07) is 0. The van der Waals surface area contributed by atoms with E-state index in [2.05, 4.69) is 11.8 Å². The van der Waals surface area contributed by atoms with Gasteiger partial charge in [-0.3, -0.25) is 0 Å². The second-order valence-corrected chi connectivity index (χ2v) is 3.14. The zero-order valence-electron chi connectivity index (χ0n) is 7.79. The van der Waals surface area contributed by atoms with E-state index in [0.717, 1.165) is 0 Å². The molecule has 80 valence electrons. The van der Waals surface area contributed by atoms with Crippen molar-refractivity contribution in [3.8, 4) is 11.8 Å². The number of hydrogen-bond donors (Lipinski definition) is 4. The maximum absolute atomic E-state index is 9.43. The van der Waals surface area contributed by atoms with Gasteiger partial charge in [0.15, 0.2) is 0 Å². The Morgan fingerprint density at radius 2 is 1.79 bits per heavy atom. The Bertz CT molecular complexity index is 241. The van der Waals surface area contributed by atoms with E-state index in [9.17, 15) is 15.3 Å². The van der Waals surface area contributed by atoms with Crippen LogP contribution in [-0.4, -0.2) is 57.6 Å². The van der Waals surface area contributed by atoms with Crippen molar-refractivity contribution in [2.24, 2.45) is 0 Å². The second-order valence-electron chi connectivity index (χ2n) is 3.14. The molecule has 1 rings (SSSR count). The van der Waals surface area contributed by atoms with Crippen LogP contribution in [-0.2, 0) is 4.74 Å². The van der Waals surface area contributed by atoms with Gasteiger partial charge in [0.25, 0.3) is 0 Å². The lowest BCUT2D eigenvalue weighted by Gasteiger charge is -2.37. The smallest absolute Gasteiger partial charge is 0.147 e. The molecule has 0 saturated carbocycles. The Morgan fingerprint density at radius 3 is 2.29 bits per heavy atom. The highest BCUT2D eigenvalue weighted by Crippen LogP contribution is 2.20. The Kier molecular flexibility index (Phi) is 3.86. The van der Waals surface area contributed by atoms with Crippen molar-refractivity contribution >= 4 is 0 Å². The summed E-state index contributed by atoms with van der Waals surface area (Å²) >= 11 is 0. The first-order valence-corrected chi connectivity index (χ1v) is 4.34. The average Bonchev–Trinajstić information content (AvgIpc) is 2.19. The minimum Gasteiger partial charge on any atom is -0.394 e. The van der Waals surface area contributed by atoms with Gasteiger partial charge >= 0.3 is 0 Å². The molecule has 0 aromatic carbocycles.